The van der Waals surface area contributed by atoms with E-state index in [1.54, 1.807) is 6.92 Å². The third-order valence-electron chi connectivity index (χ3n) is 17.4. The van der Waals surface area contributed by atoms with Gasteiger partial charge >= 0.3 is 23.9 Å². The van der Waals surface area contributed by atoms with Gasteiger partial charge in [-0.2, -0.15) is 0 Å². The Morgan fingerprint density at radius 3 is 1.56 bits per heavy atom. The van der Waals surface area contributed by atoms with Gasteiger partial charge in [0.1, 0.15) is 13.2 Å². The molecule has 3 fully saturated rings. The lowest BCUT2D eigenvalue weighted by Crippen LogP contribution is -2.51. The number of unbranched alkanes of at least 4 members (excludes halogenated alkanes) is 24. The smallest absolute Gasteiger partial charge is 0.309 e. The lowest BCUT2D eigenvalue weighted by molar-refractivity contribution is -0.177. The molecule has 0 aromatic heterocycles. The van der Waals surface area contributed by atoms with Gasteiger partial charge < -0.3 is 23.7 Å². The molecule has 0 bridgehead atoms. The molecule has 402 valence electrons. The molecule has 4 aliphatic rings. The van der Waals surface area contributed by atoms with E-state index >= 15 is 0 Å². The molecule has 1 unspecified atom stereocenters. The number of hydrogen-bond acceptors (Lipinski definition) is 10. The second-order valence-corrected chi connectivity index (χ2v) is 22.9. The first kappa shape index (κ1) is 59.8. The summed E-state index contributed by atoms with van der Waals surface area (Å²) in [5.41, 5.74) is 1.50. The number of ether oxygens (including phenoxy) is 5. The van der Waals surface area contributed by atoms with Gasteiger partial charge in [0.2, 0.25) is 0 Å². The van der Waals surface area contributed by atoms with Crippen LogP contribution < -0.4 is 0 Å². The van der Waals surface area contributed by atoms with Gasteiger partial charge in [-0.25, -0.2) is 0 Å². The molecule has 4 aliphatic carbocycles. The van der Waals surface area contributed by atoms with Gasteiger partial charge in [0.05, 0.1) is 18.4 Å². The highest BCUT2D eigenvalue weighted by Gasteiger charge is 2.59. The molecule has 0 aromatic rings. The maximum atomic E-state index is 13.4. The summed E-state index contributed by atoms with van der Waals surface area (Å²) < 4.78 is 28.8. The van der Waals surface area contributed by atoms with Crippen LogP contribution in [0.15, 0.2) is 11.6 Å². The van der Waals surface area contributed by atoms with E-state index in [4.69, 9.17) is 23.7 Å². The molecule has 0 aliphatic heterocycles. The highest BCUT2D eigenvalue weighted by atomic mass is 16.7. The van der Waals surface area contributed by atoms with Crippen LogP contribution in [0.5, 0.6) is 0 Å². The zero-order chi connectivity index (χ0) is 50.5. The molecule has 4 rings (SSSR count). The first-order valence-electron chi connectivity index (χ1n) is 29.4. The van der Waals surface area contributed by atoms with Crippen molar-refractivity contribution >= 4 is 29.7 Å². The van der Waals surface area contributed by atoms with Gasteiger partial charge in [0.25, 0.3) is 0 Å². The number of esters is 4. The fraction of sp³-hybridized carbons (Fsp3) is 0.883. The molecule has 7 atom stereocenters. The molecule has 10 nitrogen and oxygen atoms in total. The van der Waals surface area contributed by atoms with Crippen LogP contribution >= 0.6 is 0 Å². The topological polar surface area (TPSA) is 132 Å². The summed E-state index contributed by atoms with van der Waals surface area (Å²) in [6, 6.07) is 0. The van der Waals surface area contributed by atoms with Crippen molar-refractivity contribution in [3.05, 3.63) is 11.6 Å². The number of ketones is 1. The van der Waals surface area contributed by atoms with Crippen molar-refractivity contribution in [2.45, 2.75) is 284 Å². The van der Waals surface area contributed by atoms with Gasteiger partial charge in [-0.3, -0.25) is 24.0 Å². The van der Waals surface area contributed by atoms with E-state index in [0.29, 0.717) is 24.2 Å². The number of allylic oxidation sites excluding steroid dienone is 1. The minimum Gasteiger partial charge on any atom is -0.462 e. The van der Waals surface area contributed by atoms with Crippen molar-refractivity contribution in [3.63, 3.8) is 0 Å². The number of hydrogen-bond donors (Lipinski definition) is 0. The Bertz CT molecular complexity index is 1510. The largest absolute Gasteiger partial charge is 0.462 e. The fourth-order valence-corrected chi connectivity index (χ4v) is 12.8. The van der Waals surface area contributed by atoms with Crippen molar-refractivity contribution in [2.24, 2.45) is 34.5 Å². The molecule has 0 saturated heterocycles. The molecule has 70 heavy (non-hydrogen) atoms. The highest BCUT2D eigenvalue weighted by Crippen LogP contribution is 2.65. The monoisotopic (exact) mass is 983 g/mol. The molecule has 0 N–H and O–H groups in total. The Balaban J connectivity index is 1.14. The van der Waals surface area contributed by atoms with Crippen molar-refractivity contribution in [2.75, 3.05) is 20.0 Å². The van der Waals surface area contributed by atoms with Gasteiger partial charge in [0, 0.05) is 19.3 Å². The molecular weight excluding hydrogens is 881 g/mol. The second kappa shape index (κ2) is 33.9. The Morgan fingerprint density at radius 1 is 0.571 bits per heavy atom. The maximum Gasteiger partial charge on any atom is 0.309 e. The van der Waals surface area contributed by atoms with Crippen LogP contribution in [0.2, 0.25) is 0 Å². The standard InChI is InChI=1S/C60H102O10/c1-6-8-10-12-14-16-18-20-22-24-26-28-30-32-55(62)66-44-50(45-67-56(63)33-31-29-27-25-23-21-19-17-15-13-11-9-7-2)70-58(65)47(3)42-57(64)69-46-68-54-37-36-52-51-35-34-48-43-49(61)38-40-59(48,4)53(51)39-41-60(52,54)5/h43,47,50-54H,6-42,44-46H2,1-5H3/t47?,51-,52-,53-,54-,59-,60-/m0/s1. The molecule has 3 saturated carbocycles. The summed E-state index contributed by atoms with van der Waals surface area (Å²) in [5.74, 6) is -0.722. The number of fused-ring (bicyclic) bond motifs is 5. The number of rotatable bonds is 39. The van der Waals surface area contributed by atoms with Crippen molar-refractivity contribution in [3.8, 4) is 0 Å². The average molecular weight is 983 g/mol. The van der Waals surface area contributed by atoms with E-state index in [2.05, 4.69) is 27.7 Å². The molecule has 0 radical (unpaired) electrons. The quantitative estimate of drug-likeness (QED) is 0.0254. The minimum atomic E-state index is -0.985. The van der Waals surface area contributed by atoms with E-state index < -0.39 is 24.0 Å². The summed E-state index contributed by atoms with van der Waals surface area (Å²) in [6.45, 7) is 10.3. The Labute approximate surface area is 426 Å². The predicted octanol–water partition coefficient (Wildman–Crippen LogP) is 15.4. The van der Waals surface area contributed by atoms with Gasteiger partial charge in [-0.1, -0.05) is 194 Å². The molecule has 0 amide bonds. The van der Waals surface area contributed by atoms with Crippen LogP contribution in [-0.2, 0) is 47.7 Å². The Hall–Kier alpha value is -2.75. The highest BCUT2D eigenvalue weighted by molar-refractivity contribution is 5.91. The van der Waals surface area contributed by atoms with Crippen LogP contribution in [0.4, 0.5) is 0 Å². The van der Waals surface area contributed by atoms with Gasteiger partial charge in [0.15, 0.2) is 18.7 Å². The lowest BCUT2D eigenvalue weighted by atomic mass is 9.47. The van der Waals surface area contributed by atoms with Gasteiger partial charge in [-0.15, -0.1) is 0 Å². The number of carbonyl (C=O) groups is 5. The van der Waals surface area contributed by atoms with E-state index in [9.17, 15) is 24.0 Å². The molecule has 10 heteroatoms. The zero-order valence-corrected chi connectivity index (χ0v) is 45.4. The number of carbonyl (C=O) groups excluding carboxylic acids is 5. The van der Waals surface area contributed by atoms with E-state index in [-0.39, 0.29) is 73.9 Å². The fourth-order valence-electron chi connectivity index (χ4n) is 12.8. The molecule has 0 heterocycles. The van der Waals surface area contributed by atoms with Gasteiger partial charge in [-0.05, 0) is 92.4 Å². The molecular formula is C60H102O10. The summed E-state index contributed by atoms with van der Waals surface area (Å²) in [6.07, 6.45) is 41.0. The zero-order valence-electron chi connectivity index (χ0n) is 45.4. The third-order valence-corrected chi connectivity index (χ3v) is 17.4. The summed E-state index contributed by atoms with van der Waals surface area (Å²) >= 11 is 0. The Morgan fingerprint density at radius 2 is 1.06 bits per heavy atom. The first-order chi connectivity index (χ1) is 33.9. The van der Waals surface area contributed by atoms with Crippen molar-refractivity contribution in [1.82, 2.24) is 0 Å². The maximum absolute atomic E-state index is 13.4. The SMILES string of the molecule is CCCCCCCCCCCCCCCC(=O)OCC(COC(=O)CCCCCCCCCCCCCCC)OC(=O)C(C)CC(=O)OCO[C@H]1CC[C@H]2[C@@H]3CCC4=CC(=O)CC[C@]4(C)[C@H]3CC[C@]12C. The van der Waals surface area contributed by atoms with Crippen molar-refractivity contribution < 1.29 is 47.7 Å². The van der Waals surface area contributed by atoms with Crippen LogP contribution in [-0.4, -0.2) is 61.9 Å². The predicted molar refractivity (Wildman–Crippen MR) is 279 cm³/mol. The first-order valence-corrected chi connectivity index (χ1v) is 29.4. The summed E-state index contributed by atoms with van der Waals surface area (Å²) in [4.78, 5) is 64.2. The third kappa shape index (κ3) is 21.0. The minimum absolute atomic E-state index is 0.00743. The normalized spacial score (nSPS) is 24.3. The molecule has 0 spiro atoms. The van der Waals surface area contributed by atoms with Crippen LogP contribution in [0.1, 0.15) is 272 Å². The Kier molecular flexibility index (Phi) is 28.9. The average Bonchev–Trinajstić information content (AvgIpc) is 3.68. The van der Waals surface area contributed by atoms with E-state index in [1.165, 1.54) is 134 Å². The van der Waals surface area contributed by atoms with Crippen molar-refractivity contribution in [1.29, 1.82) is 0 Å². The summed E-state index contributed by atoms with van der Waals surface area (Å²) in [7, 11) is 0. The van der Waals surface area contributed by atoms with Crippen LogP contribution in [0.25, 0.3) is 0 Å². The molecule has 0 aromatic carbocycles. The van der Waals surface area contributed by atoms with Crippen LogP contribution in [0, 0.1) is 34.5 Å². The second-order valence-electron chi connectivity index (χ2n) is 22.9. The summed E-state index contributed by atoms with van der Waals surface area (Å²) in [5, 5.41) is 0. The van der Waals surface area contributed by atoms with E-state index in [1.807, 2.05) is 6.08 Å². The lowest BCUT2D eigenvalue weighted by Gasteiger charge is -2.57. The van der Waals surface area contributed by atoms with E-state index in [0.717, 1.165) is 83.5 Å². The van der Waals surface area contributed by atoms with Crippen LogP contribution in [0.3, 0.4) is 0 Å².